The highest BCUT2D eigenvalue weighted by atomic mass is 19.1. The first-order valence-electron chi connectivity index (χ1n) is 9.09. The number of esters is 2. The maximum absolute atomic E-state index is 14.2. The van der Waals surface area contributed by atoms with Crippen molar-refractivity contribution >= 4 is 11.9 Å². The number of halogens is 1. The van der Waals surface area contributed by atoms with Crippen LogP contribution in [-0.4, -0.2) is 23.6 Å². The Morgan fingerprint density at radius 1 is 1.08 bits per heavy atom. The average molecular weight is 366 g/mol. The van der Waals surface area contributed by atoms with Gasteiger partial charge in [0.25, 0.3) is 0 Å². The van der Waals surface area contributed by atoms with Crippen molar-refractivity contribution in [1.82, 2.24) is 0 Å². The first-order chi connectivity index (χ1) is 11.9. The number of carbonyl (C=O) groups is 2. The lowest BCUT2D eigenvalue weighted by molar-refractivity contribution is -0.163. The number of rotatable bonds is 7. The van der Waals surface area contributed by atoms with Crippen molar-refractivity contribution < 1.29 is 23.5 Å². The lowest BCUT2D eigenvalue weighted by atomic mass is 9.84. The molecule has 1 aromatic carbocycles. The van der Waals surface area contributed by atoms with E-state index < -0.39 is 29.6 Å². The summed E-state index contributed by atoms with van der Waals surface area (Å²) in [5, 5.41) is 0. The minimum absolute atomic E-state index is 0.0468. The van der Waals surface area contributed by atoms with Crippen LogP contribution in [0.2, 0.25) is 0 Å². The molecule has 4 nitrogen and oxygen atoms in total. The highest BCUT2D eigenvalue weighted by Gasteiger charge is 2.30. The molecule has 0 spiro atoms. The van der Waals surface area contributed by atoms with Crippen molar-refractivity contribution in [3.63, 3.8) is 0 Å². The SMILES string of the molecule is CC(C)[C@@H](c1ccccc1F)[C@H](C)OC(=O)[C@H](C)CC(=O)OC(C)(C)C. The first-order valence-corrected chi connectivity index (χ1v) is 9.09. The fraction of sp³-hybridized carbons (Fsp3) is 0.619. The summed E-state index contributed by atoms with van der Waals surface area (Å²) in [6.07, 6.45) is -0.560. The van der Waals surface area contributed by atoms with Gasteiger partial charge in [-0.3, -0.25) is 9.59 Å². The maximum Gasteiger partial charge on any atom is 0.309 e. The van der Waals surface area contributed by atoms with Crippen LogP contribution >= 0.6 is 0 Å². The van der Waals surface area contributed by atoms with Crippen molar-refractivity contribution in [3.05, 3.63) is 35.6 Å². The minimum atomic E-state index is -0.624. The molecule has 0 fully saturated rings. The van der Waals surface area contributed by atoms with Crippen LogP contribution < -0.4 is 0 Å². The minimum Gasteiger partial charge on any atom is -0.462 e. The molecular weight excluding hydrogens is 335 g/mol. The zero-order valence-corrected chi connectivity index (χ0v) is 16.8. The van der Waals surface area contributed by atoms with E-state index in [0.29, 0.717) is 5.56 Å². The summed E-state index contributed by atoms with van der Waals surface area (Å²) in [6.45, 7) is 12.6. The molecule has 0 unspecified atom stereocenters. The molecule has 26 heavy (non-hydrogen) atoms. The summed E-state index contributed by atoms with van der Waals surface area (Å²) >= 11 is 0. The Labute approximate surface area is 156 Å². The summed E-state index contributed by atoms with van der Waals surface area (Å²) in [5.41, 5.74) is -0.0655. The van der Waals surface area contributed by atoms with E-state index in [9.17, 15) is 14.0 Å². The van der Waals surface area contributed by atoms with Crippen LogP contribution in [0.1, 0.15) is 66.4 Å². The average Bonchev–Trinajstić information content (AvgIpc) is 2.46. The Kier molecular flexibility index (Phi) is 7.79. The van der Waals surface area contributed by atoms with Gasteiger partial charge in [-0.2, -0.15) is 0 Å². The zero-order chi connectivity index (χ0) is 20.1. The van der Waals surface area contributed by atoms with Crippen LogP contribution in [0.25, 0.3) is 0 Å². The van der Waals surface area contributed by atoms with Gasteiger partial charge in [0.15, 0.2) is 0 Å². The predicted molar refractivity (Wildman–Crippen MR) is 99.2 cm³/mol. The van der Waals surface area contributed by atoms with E-state index in [1.165, 1.54) is 6.07 Å². The molecular formula is C21H31FO4. The topological polar surface area (TPSA) is 52.6 Å². The predicted octanol–water partition coefficient (Wildman–Crippen LogP) is 4.86. The fourth-order valence-electron chi connectivity index (χ4n) is 2.99. The van der Waals surface area contributed by atoms with Gasteiger partial charge < -0.3 is 9.47 Å². The molecule has 0 aromatic heterocycles. The molecule has 0 amide bonds. The molecule has 5 heteroatoms. The van der Waals surface area contributed by atoms with Gasteiger partial charge >= 0.3 is 11.9 Å². The highest BCUT2D eigenvalue weighted by Crippen LogP contribution is 2.32. The van der Waals surface area contributed by atoms with E-state index in [0.717, 1.165) is 0 Å². The second-order valence-corrected chi connectivity index (χ2v) is 8.12. The fourth-order valence-corrected chi connectivity index (χ4v) is 2.99. The zero-order valence-electron chi connectivity index (χ0n) is 16.8. The van der Waals surface area contributed by atoms with Gasteiger partial charge in [-0.05, 0) is 45.2 Å². The van der Waals surface area contributed by atoms with Crippen molar-refractivity contribution in [2.45, 2.75) is 72.5 Å². The standard InChI is InChI=1S/C21H31FO4/c1-13(2)19(16-10-8-9-11-17(16)22)15(4)25-20(24)14(3)12-18(23)26-21(5,6)7/h8-11,13-15,19H,12H2,1-7H3/t14-,15+,19-/m1/s1. The second kappa shape index (κ2) is 9.15. The molecule has 1 rings (SSSR count). The Morgan fingerprint density at radius 3 is 2.15 bits per heavy atom. The third-order valence-corrected chi connectivity index (χ3v) is 4.09. The summed E-state index contributed by atoms with van der Waals surface area (Å²) in [7, 11) is 0. The Hall–Kier alpha value is -1.91. The van der Waals surface area contributed by atoms with E-state index in [-0.39, 0.29) is 24.1 Å². The van der Waals surface area contributed by atoms with Crippen LogP contribution in [-0.2, 0) is 19.1 Å². The monoisotopic (exact) mass is 366 g/mol. The summed E-state index contributed by atoms with van der Waals surface area (Å²) in [6, 6.07) is 6.53. The number of benzene rings is 1. The van der Waals surface area contributed by atoms with Crippen LogP contribution in [0.5, 0.6) is 0 Å². The molecule has 0 aliphatic heterocycles. The summed E-state index contributed by atoms with van der Waals surface area (Å²) in [4.78, 5) is 24.3. The van der Waals surface area contributed by atoms with Crippen molar-refractivity contribution in [3.8, 4) is 0 Å². The van der Waals surface area contributed by atoms with Crippen LogP contribution in [0.4, 0.5) is 4.39 Å². The quantitative estimate of drug-likeness (QED) is 0.646. The smallest absolute Gasteiger partial charge is 0.309 e. The lowest BCUT2D eigenvalue weighted by Crippen LogP contribution is -2.31. The van der Waals surface area contributed by atoms with Gasteiger partial charge in [-0.1, -0.05) is 39.0 Å². The van der Waals surface area contributed by atoms with Gasteiger partial charge in [0, 0.05) is 5.92 Å². The number of carbonyl (C=O) groups excluding carboxylic acids is 2. The maximum atomic E-state index is 14.2. The van der Waals surface area contributed by atoms with Crippen molar-refractivity contribution in [1.29, 1.82) is 0 Å². The molecule has 0 aliphatic rings. The van der Waals surface area contributed by atoms with Crippen LogP contribution in [0.15, 0.2) is 24.3 Å². The molecule has 0 bridgehead atoms. The third-order valence-electron chi connectivity index (χ3n) is 4.09. The van der Waals surface area contributed by atoms with Gasteiger partial charge in [0.2, 0.25) is 0 Å². The van der Waals surface area contributed by atoms with Crippen LogP contribution in [0.3, 0.4) is 0 Å². The molecule has 0 saturated heterocycles. The van der Waals surface area contributed by atoms with E-state index in [1.807, 2.05) is 13.8 Å². The van der Waals surface area contributed by atoms with Crippen LogP contribution in [0, 0.1) is 17.7 Å². The first kappa shape index (κ1) is 22.1. The normalized spacial score (nSPS) is 15.3. The van der Waals surface area contributed by atoms with Gasteiger partial charge in [-0.15, -0.1) is 0 Å². The van der Waals surface area contributed by atoms with E-state index in [1.54, 1.807) is 52.8 Å². The van der Waals surface area contributed by atoms with Gasteiger partial charge in [0.05, 0.1) is 12.3 Å². The second-order valence-electron chi connectivity index (χ2n) is 8.12. The lowest BCUT2D eigenvalue weighted by Gasteiger charge is -2.29. The van der Waals surface area contributed by atoms with Crippen molar-refractivity contribution in [2.75, 3.05) is 0 Å². The third kappa shape index (κ3) is 6.77. The van der Waals surface area contributed by atoms with E-state index in [4.69, 9.17) is 9.47 Å². The van der Waals surface area contributed by atoms with E-state index >= 15 is 0 Å². The number of hydrogen-bond acceptors (Lipinski definition) is 4. The Balaban J connectivity index is 2.77. The highest BCUT2D eigenvalue weighted by molar-refractivity contribution is 5.79. The molecule has 0 N–H and O–H groups in total. The Morgan fingerprint density at radius 2 is 1.65 bits per heavy atom. The van der Waals surface area contributed by atoms with Gasteiger partial charge in [0.1, 0.15) is 17.5 Å². The molecule has 3 atom stereocenters. The summed E-state index contributed by atoms with van der Waals surface area (Å²) in [5.74, 6) is -2.05. The van der Waals surface area contributed by atoms with Gasteiger partial charge in [-0.25, -0.2) is 4.39 Å². The molecule has 0 heterocycles. The molecule has 0 radical (unpaired) electrons. The molecule has 1 aromatic rings. The molecule has 0 saturated carbocycles. The largest absolute Gasteiger partial charge is 0.462 e. The molecule has 146 valence electrons. The molecule has 0 aliphatic carbocycles. The van der Waals surface area contributed by atoms with Crippen molar-refractivity contribution in [2.24, 2.45) is 11.8 Å². The number of ether oxygens (including phenoxy) is 2. The van der Waals surface area contributed by atoms with E-state index in [2.05, 4.69) is 0 Å². The Bertz CT molecular complexity index is 619. The summed E-state index contributed by atoms with van der Waals surface area (Å²) < 4.78 is 25.0. The number of hydrogen-bond donors (Lipinski definition) is 0.